The summed E-state index contributed by atoms with van der Waals surface area (Å²) < 4.78 is 28.1. The number of aliphatic imine (C=N–C) groups is 1. The van der Waals surface area contributed by atoms with E-state index in [1.165, 1.54) is 18.4 Å². The van der Waals surface area contributed by atoms with E-state index in [9.17, 15) is 20.4 Å². The third kappa shape index (κ3) is 11.0. The summed E-state index contributed by atoms with van der Waals surface area (Å²) in [6, 6.07) is 13.8. The highest BCUT2D eigenvalue weighted by atomic mass is 16.6. The van der Waals surface area contributed by atoms with E-state index in [1.54, 1.807) is 13.2 Å². The maximum atomic E-state index is 16.2. The van der Waals surface area contributed by atoms with Crippen molar-refractivity contribution in [3.05, 3.63) is 65.8 Å². The van der Waals surface area contributed by atoms with Crippen LogP contribution in [0.4, 0.5) is 5.69 Å². The number of phenols is 1. The van der Waals surface area contributed by atoms with Crippen LogP contribution in [0.15, 0.2) is 59.6 Å². The van der Waals surface area contributed by atoms with Gasteiger partial charge in [0.05, 0.1) is 18.9 Å². The number of hydrogen-bond acceptors (Lipinski definition) is 13. The standard InChI is InChI=1S/C77H104N4O9/c1-4-50-21-25-58-59(19-14-37-82)61-20-12-33-76(61)56-42-63(81-71(80-57-17-7-5-8-18-57)79-36-13-16-54-15-11-32-75(54,68(85)28-26-62(76)60(58)39-50)44-51-22-27-64(84)65(40-51)87-3)70-66(43-56)89-74(49-78-2)45-67(72(35-38-88-70)30-9-6-10-31-72)73(47-74)34-29-55-41-52-23-24-53(46-83)69(52)90-77(55,86)48-73/h22,26-29,34,40,42-43,50,52-55,57-62,67,69,78,82-84,86H,4-12,14-21,23-25,30-33,37,39,41,44-49H2,1-3H3,(H2,79,80,81). The lowest BCUT2D eigenvalue weighted by molar-refractivity contribution is -0.308. The number of ether oxygens (including phenoxy) is 4. The number of likely N-dealkylation sites (N-methyl/N-ethyl adjacent to an activating group) is 1. The van der Waals surface area contributed by atoms with E-state index in [1.807, 2.05) is 19.2 Å². The molecule has 2 aromatic carbocycles. The van der Waals surface area contributed by atoms with Crippen molar-refractivity contribution in [3.8, 4) is 47.0 Å². The first kappa shape index (κ1) is 62.4. The van der Waals surface area contributed by atoms with Crippen LogP contribution in [-0.4, -0.2) is 89.6 Å². The number of aliphatic hydroxyl groups excluding tert-OH is 2. The van der Waals surface area contributed by atoms with Crippen LogP contribution in [0.25, 0.3) is 0 Å². The molecule has 2 aromatic rings. The molecule has 17 unspecified atom stereocenters. The molecule has 3 aliphatic heterocycles. The van der Waals surface area contributed by atoms with Gasteiger partial charge in [-0.2, -0.15) is 4.99 Å². The van der Waals surface area contributed by atoms with Crippen molar-refractivity contribution in [2.75, 3.05) is 39.2 Å². The normalized spacial score (nSPS) is 39.8. The third-order valence-corrected chi connectivity index (χ3v) is 26.7. The van der Waals surface area contributed by atoms with E-state index in [0.717, 1.165) is 165 Å². The van der Waals surface area contributed by atoms with Crippen LogP contribution in [0, 0.1) is 105 Å². The first-order valence-corrected chi connectivity index (χ1v) is 36.0. The number of fused-ring (bicyclic) bond motifs is 13. The molecule has 7 N–H and O–H groups in total. The monoisotopic (exact) mass is 1230 g/mol. The molecule has 9 aliphatic carbocycles. The van der Waals surface area contributed by atoms with Gasteiger partial charge in [-0.05, 0) is 217 Å². The van der Waals surface area contributed by atoms with E-state index in [4.69, 9.17) is 23.9 Å². The summed E-state index contributed by atoms with van der Waals surface area (Å²) in [5.41, 5.74) is 0.0410. The SMILES string of the molecule is CCC1CCC2C(C1)C1C=CC(=O)C3(Cc4ccc(O)c(OC)c4)CCCC3CC#CN=C(NC3CCCCC3)Nc3cc(cc4c3OC#CC3(CCCCC3)C3CC(CNC)(CC35C=CC3CC6CCC(CO)C6OC3(O)C5)O4)C13CCCC3C2CCCO. The molecule has 90 heavy (non-hydrogen) atoms. The van der Waals surface area contributed by atoms with Gasteiger partial charge in [0.25, 0.3) is 0 Å². The van der Waals surface area contributed by atoms with Crippen LogP contribution in [0.3, 0.4) is 0 Å². The molecular weight excluding hydrogens is 1120 g/mol. The molecule has 3 spiro atoms. The van der Waals surface area contributed by atoms with E-state index in [-0.39, 0.29) is 72.4 Å². The van der Waals surface area contributed by atoms with Crippen molar-refractivity contribution in [1.29, 1.82) is 0 Å². The van der Waals surface area contributed by atoms with Crippen molar-refractivity contribution >= 4 is 17.4 Å². The maximum Gasteiger partial charge on any atom is 0.210 e. The molecular formula is C77H104N4O9. The minimum Gasteiger partial charge on any atom is -0.504 e. The van der Waals surface area contributed by atoms with Crippen molar-refractivity contribution < 1.29 is 44.2 Å². The Kier molecular flexibility index (Phi) is 17.6. The molecule has 13 nitrogen and oxygen atoms in total. The Morgan fingerprint density at radius 3 is 2.54 bits per heavy atom. The molecule has 4 bridgehead atoms. The Hall–Kier alpha value is -5.02. The molecule has 12 aliphatic rings. The number of nitrogens with one attached hydrogen (secondary N) is 3. The van der Waals surface area contributed by atoms with Gasteiger partial charge in [-0.1, -0.05) is 107 Å². The molecule has 486 valence electrons. The molecule has 0 aromatic heterocycles. The number of anilines is 1. The molecule has 9 fully saturated rings. The number of phenolic OH excluding ortho intramolecular Hbond substituents is 1. The third-order valence-electron chi connectivity index (χ3n) is 26.7. The van der Waals surface area contributed by atoms with Crippen molar-refractivity contribution in [1.82, 2.24) is 10.6 Å². The van der Waals surface area contributed by atoms with Gasteiger partial charge in [0.1, 0.15) is 11.7 Å². The molecule has 17 atom stereocenters. The highest BCUT2D eigenvalue weighted by Crippen LogP contribution is 2.70. The number of ketones is 1. The number of guanidine groups is 1. The number of carbonyl (C=O) groups is 1. The molecule has 14 rings (SSSR count). The highest BCUT2D eigenvalue weighted by Gasteiger charge is 2.67. The predicted molar refractivity (Wildman–Crippen MR) is 350 cm³/mol. The van der Waals surface area contributed by atoms with Crippen molar-refractivity contribution in [3.63, 3.8) is 0 Å². The van der Waals surface area contributed by atoms with Crippen LogP contribution in [-0.2, 0) is 21.4 Å². The number of aliphatic hydroxyl groups is 3. The second-order valence-corrected chi connectivity index (χ2v) is 31.2. The number of aromatic hydroxyl groups is 1. The zero-order valence-corrected chi connectivity index (χ0v) is 54.3. The molecule has 0 radical (unpaired) electrons. The number of nitrogens with zero attached hydrogens (tertiary/aromatic N) is 1. The molecule has 1 saturated heterocycles. The first-order valence-electron chi connectivity index (χ1n) is 36.0. The lowest BCUT2D eigenvalue weighted by Gasteiger charge is -2.59. The second kappa shape index (κ2) is 25.4. The van der Waals surface area contributed by atoms with Crippen LogP contribution in [0.1, 0.15) is 204 Å². The van der Waals surface area contributed by atoms with E-state index >= 15 is 4.79 Å². The minimum atomic E-state index is -1.40. The average molecular weight is 1230 g/mol. The lowest BCUT2D eigenvalue weighted by Crippen LogP contribution is -2.57. The van der Waals surface area contributed by atoms with Gasteiger partial charge in [0.15, 0.2) is 28.8 Å². The highest BCUT2D eigenvalue weighted by molar-refractivity contribution is 5.97. The van der Waals surface area contributed by atoms with Gasteiger partial charge in [-0.15, -0.1) is 0 Å². The van der Waals surface area contributed by atoms with Crippen molar-refractivity contribution in [2.24, 2.45) is 86.3 Å². The van der Waals surface area contributed by atoms with Crippen LogP contribution < -0.4 is 30.2 Å². The Morgan fingerprint density at radius 1 is 0.889 bits per heavy atom. The van der Waals surface area contributed by atoms with Gasteiger partial charge in [-0.25, -0.2) is 0 Å². The second-order valence-electron chi connectivity index (χ2n) is 31.2. The summed E-state index contributed by atoms with van der Waals surface area (Å²) in [7, 11) is 3.63. The topological polar surface area (TPSA) is 183 Å². The molecule has 13 heteroatoms. The van der Waals surface area contributed by atoms with Gasteiger partial charge >= 0.3 is 0 Å². The summed E-state index contributed by atoms with van der Waals surface area (Å²) >= 11 is 0. The minimum absolute atomic E-state index is 0.0136. The van der Waals surface area contributed by atoms with Crippen LogP contribution in [0.5, 0.6) is 23.0 Å². The fourth-order valence-corrected chi connectivity index (χ4v) is 22.8. The van der Waals surface area contributed by atoms with Crippen LogP contribution in [0.2, 0.25) is 0 Å². The smallest absolute Gasteiger partial charge is 0.210 e. The molecule has 3 heterocycles. The summed E-state index contributed by atoms with van der Waals surface area (Å²) in [5, 5.41) is 57.0. The Balaban J connectivity index is 0.968. The quantitative estimate of drug-likeness (QED) is 0.0836. The Labute approximate surface area is 536 Å². The number of hydrogen-bond donors (Lipinski definition) is 7. The van der Waals surface area contributed by atoms with E-state index in [2.05, 4.69) is 83.3 Å². The number of rotatable bonds is 11. The van der Waals surface area contributed by atoms with E-state index in [0.29, 0.717) is 85.0 Å². The summed E-state index contributed by atoms with van der Waals surface area (Å²) in [6.07, 6.45) is 40.9. The maximum absolute atomic E-state index is 16.2. The largest absolute Gasteiger partial charge is 0.504 e. The summed E-state index contributed by atoms with van der Waals surface area (Å²) in [6.45, 7) is 3.16. The lowest BCUT2D eigenvalue weighted by atomic mass is 9.45. The Bertz CT molecular complexity index is 3200. The molecule has 0 amide bonds. The summed E-state index contributed by atoms with van der Waals surface area (Å²) in [5.74, 6) is 10.8. The van der Waals surface area contributed by atoms with Gasteiger partial charge in [0, 0.05) is 78.2 Å². The summed E-state index contributed by atoms with van der Waals surface area (Å²) in [4.78, 5) is 21.4. The van der Waals surface area contributed by atoms with Crippen LogP contribution >= 0.6 is 0 Å². The van der Waals surface area contributed by atoms with Gasteiger partial charge in [-0.3, -0.25) is 4.79 Å². The predicted octanol–water partition coefficient (Wildman–Crippen LogP) is 13.2. The van der Waals surface area contributed by atoms with Gasteiger partial charge in [0.2, 0.25) is 11.7 Å². The van der Waals surface area contributed by atoms with Crippen molar-refractivity contribution in [2.45, 2.75) is 228 Å². The van der Waals surface area contributed by atoms with E-state index < -0.39 is 33.0 Å². The van der Waals surface area contributed by atoms with Gasteiger partial charge < -0.3 is 55.3 Å². The number of methoxy groups -OCH3 is 1. The number of benzene rings is 2. The average Bonchev–Trinajstić information content (AvgIpc) is 1.39. The number of carbonyl (C=O) groups excluding carboxylic acids is 1. The zero-order valence-electron chi connectivity index (χ0n) is 54.3. The number of allylic oxidation sites excluding steroid dienone is 3. The fraction of sp³-hybridized carbons (Fsp3) is 0.714. The molecule has 8 saturated carbocycles. The Morgan fingerprint density at radius 2 is 1.73 bits per heavy atom. The first-order chi connectivity index (χ1) is 43.8. The fourth-order valence-electron chi connectivity index (χ4n) is 22.8. The zero-order chi connectivity index (χ0) is 61.9.